The van der Waals surface area contributed by atoms with Crippen LogP contribution >= 0.6 is 0 Å². The number of ether oxygens (including phenoxy) is 1. The molecule has 3 aromatic rings. The van der Waals surface area contributed by atoms with Gasteiger partial charge in [0.1, 0.15) is 11.3 Å². The zero-order valence-electron chi connectivity index (χ0n) is 13.7. The van der Waals surface area contributed by atoms with Crippen LogP contribution in [0.4, 0.5) is 0 Å². The van der Waals surface area contributed by atoms with Gasteiger partial charge in [-0.25, -0.2) is 4.98 Å². The second kappa shape index (κ2) is 5.16. The molecule has 0 radical (unpaired) electrons. The van der Waals surface area contributed by atoms with Crippen LogP contribution in [0.15, 0.2) is 40.8 Å². The van der Waals surface area contributed by atoms with Crippen LogP contribution in [0.2, 0.25) is 0 Å². The number of rotatable bonds is 2. The molecule has 0 N–H and O–H groups in total. The van der Waals surface area contributed by atoms with E-state index in [1.165, 1.54) is 5.56 Å². The fraction of sp³-hybridized carbons (Fsp3) is 0.316. The summed E-state index contributed by atoms with van der Waals surface area (Å²) < 4.78 is 11.1. The lowest BCUT2D eigenvalue weighted by Crippen LogP contribution is -2.11. The van der Waals surface area contributed by atoms with E-state index in [4.69, 9.17) is 9.15 Å². The maximum absolute atomic E-state index is 5.82. The molecule has 3 rings (SSSR count). The summed E-state index contributed by atoms with van der Waals surface area (Å²) in [6, 6.07) is 12.4. The molecule has 1 heterocycles. The summed E-state index contributed by atoms with van der Waals surface area (Å²) in [5.41, 5.74) is 5.27. The number of hydrogen-bond acceptors (Lipinski definition) is 3. The molecule has 1 aromatic heterocycles. The highest BCUT2D eigenvalue weighted by Gasteiger charge is 2.21. The highest BCUT2D eigenvalue weighted by atomic mass is 16.5. The molecule has 0 fully saturated rings. The van der Waals surface area contributed by atoms with Crippen molar-refractivity contribution in [2.24, 2.45) is 0 Å². The van der Waals surface area contributed by atoms with Gasteiger partial charge in [-0.3, -0.25) is 0 Å². The monoisotopic (exact) mass is 295 g/mol. The topological polar surface area (TPSA) is 35.3 Å². The van der Waals surface area contributed by atoms with E-state index in [-0.39, 0.29) is 5.41 Å². The first kappa shape index (κ1) is 14.6. The fourth-order valence-electron chi connectivity index (χ4n) is 2.65. The van der Waals surface area contributed by atoms with Crippen molar-refractivity contribution in [2.75, 3.05) is 7.11 Å². The predicted octanol–water partition coefficient (Wildman–Crippen LogP) is 5.11. The number of methoxy groups -OCH3 is 1. The minimum Gasteiger partial charge on any atom is -0.497 e. The number of aryl methyl sites for hydroxylation is 1. The first-order valence-electron chi connectivity index (χ1n) is 7.44. The predicted molar refractivity (Wildman–Crippen MR) is 89.4 cm³/mol. The molecule has 0 atom stereocenters. The Balaban J connectivity index is 2.21. The minimum atomic E-state index is -0.00724. The summed E-state index contributed by atoms with van der Waals surface area (Å²) in [5, 5.41) is 0. The van der Waals surface area contributed by atoms with Crippen molar-refractivity contribution in [1.82, 2.24) is 4.98 Å². The van der Waals surface area contributed by atoms with Crippen molar-refractivity contribution in [3.63, 3.8) is 0 Å². The smallest absolute Gasteiger partial charge is 0.192 e. The lowest BCUT2D eigenvalue weighted by atomic mass is 9.84. The highest BCUT2D eigenvalue weighted by molar-refractivity contribution is 5.84. The molecule has 0 amide bonds. The van der Waals surface area contributed by atoms with Gasteiger partial charge < -0.3 is 9.15 Å². The van der Waals surface area contributed by atoms with Crippen LogP contribution in [0, 0.1) is 6.92 Å². The lowest BCUT2D eigenvalue weighted by Gasteiger charge is -2.20. The van der Waals surface area contributed by atoms with Crippen LogP contribution in [-0.4, -0.2) is 12.1 Å². The summed E-state index contributed by atoms with van der Waals surface area (Å²) in [5.74, 6) is 1.56. The maximum atomic E-state index is 5.82. The zero-order chi connectivity index (χ0) is 15.9. The van der Waals surface area contributed by atoms with Crippen molar-refractivity contribution in [2.45, 2.75) is 33.1 Å². The van der Waals surface area contributed by atoms with E-state index >= 15 is 0 Å². The van der Waals surface area contributed by atoms with Crippen molar-refractivity contribution in [3.05, 3.63) is 47.9 Å². The first-order valence-corrected chi connectivity index (χ1v) is 7.44. The molecule has 0 aliphatic carbocycles. The first-order chi connectivity index (χ1) is 10.4. The highest BCUT2D eigenvalue weighted by Crippen LogP contribution is 2.35. The summed E-state index contributed by atoms with van der Waals surface area (Å²) in [4.78, 5) is 4.52. The van der Waals surface area contributed by atoms with Crippen LogP contribution in [-0.2, 0) is 5.41 Å². The molecular formula is C19H21NO2. The molecule has 0 aliphatic rings. The Hall–Kier alpha value is -2.29. The number of benzene rings is 2. The molecule has 3 heteroatoms. The Morgan fingerprint density at radius 1 is 1.00 bits per heavy atom. The number of aromatic nitrogens is 1. The van der Waals surface area contributed by atoms with Crippen molar-refractivity contribution in [1.29, 1.82) is 0 Å². The quantitative estimate of drug-likeness (QED) is 0.659. The van der Waals surface area contributed by atoms with E-state index < -0.39 is 0 Å². The van der Waals surface area contributed by atoms with E-state index in [0.717, 1.165) is 28.0 Å². The van der Waals surface area contributed by atoms with E-state index in [1.54, 1.807) is 7.11 Å². The van der Waals surface area contributed by atoms with E-state index in [0.29, 0.717) is 5.89 Å². The minimum absolute atomic E-state index is 0.00724. The number of oxazole rings is 1. The third kappa shape index (κ3) is 2.59. The SMILES string of the molecule is COc1ccc(-c2cc(C(C)(C)C)c3oc(C)nc3c2)cc1. The molecule has 0 saturated heterocycles. The zero-order valence-corrected chi connectivity index (χ0v) is 13.7. The van der Waals surface area contributed by atoms with Gasteiger partial charge in [-0.1, -0.05) is 32.9 Å². The third-order valence-corrected chi connectivity index (χ3v) is 3.83. The Morgan fingerprint density at radius 2 is 1.68 bits per heavy atom. The van der Waals surface area contributed by atoms with Crippen LogP contribution in [0.3, 0.4) is 0 Å². The van der Waals surface area contributed by atoms with Gasteiger partial charge in [0.2, 0.25) is 0 Å². The standard InChI is InChI=1S/C19H21NO2/c1-12-20-17-11-14(13-6-8-15(21-5)9-7-13)10-16(18(17)22-12)19(2,3)4/h6-11H,1-5H3. The van der Waals surface area contributed by atoms with Gasteiger partial charge in [0, 0.05) is 12.5 Å². The van der Waals surface area contributed by atoms with Crippen LogP contribution in [0.1, 0.15) is 32.2 Å². The number of hydrogen-bond donors (Lipinski definition) is 0. The third-order valence-electron chi connectivity index (χ3n) is 3.83. The molecule has 0 aliphatic heterocycles. The molecular weight excluding hydrogens is 274 g/mol. The second-order valence-electron chi connectivity index (χ2n) is 6.58. The van der Waals surface area contributed by atoms with Crippen molar-refractivity contribution in [3.8, 4) is 16.9 Å². The average Bonchev–Trinajstić information content (AvgIpc) is 2.85. The Morgan fingerprint density at radius 3 is 2.27 bits per heavy atom. The number of fused-ring (bicyclic) bond motifs is 1. The normalized spacial score (nSPS) is 11.9. The molecule has 22 heavy (non-hydrogen) atoms. The summed E-state index contributed by atoms with van der Waals surface area (Å²) in [7, 11) is 1.68. The lowest BCUT2D eigenvalue weighted by molar-refractivity contribution is 0.415. The second-order valence-corrected chi connectivity index (χ2v) is 6.58. The molecule has 0 unspecified atom stereocenters. The molecule has 2 aromatic carbocycles. The van der Waals surface area contributed by atoms with E-state index in [1.807, 2.05) is 19.1 Å². The van der Waals surface area contributed by atoms with Gasteiger partial charge in [0.05, 0.1) is 7.11 Å². The summed E-state index contributed by atoms with van der Waals surface area (Å²) in [6.45, 7) is 8.46. The molecule has 3 nitrogen and oxygen atoms in total. The average molecular weight is 295 g/mol. The van der Waals surface area contributed by atoms with E-state index in [2.05, 4.69) is 50.0 Å². The summed E-state index contributed by atoms with van der Waals surface area (Å²) >= 11 is 0. The Kier molecular flexibility index (Phi) is 3.44. The molecule has 0 bridgehead atoms. The fourth-order valence-corrected chi connectivity index (χ4v) is 2.65. The van der Waals surface area contributed by atoms with E-state index in [9.17, 15) is 0 Å². The van der Waals surface area contributed by atoms with Crippen LogP contribution in [0.5, 0.6) is 5.75 Å². The van der Waals surface area contributed by atoms with Gasteiger partial charge in [-0.15, -0.1) is 0 Å². The maximum Gasteiger partial charge on any atom is 0.192 e. The molecule has 114 valence electrons. The van der Waals surface area contributed by atoms with Crippen molar-refractivity contribution >= 4 is 11.1 Å². The van der Waals surface area contributed by atoms with Gasteiger partial charge in [0.15, 0.2) is 11.5 Å². The van der Waals surface area contributed by atoms with Crippen molar-refractivity contribution < 1.29 is 9.15 Å². The van der Waals surface area contributed by atoms with Gasteiger partial charge in [-0.05, 0) is 40.8 Å². The van der Waals surface area contributed by atoms with Gasteiger partial charge in [0.25, 0.3) is 0 Å². The summed E-state index contributed by atoms with van der Waals surface area (Å²) in [6.07, 6.45) is 0. The Labute approximate surface area is 130 Å². The van der Waals surface area contributed by atoms with Crippen LogP contribution in [0.25, 0.3) is 22.2 Å². The van der Waals surface area contributed by atoms with Gasteiger partial charge >= 0.3 is 0 Å². The van der Waals surface area contributed by atoms with Crippen LogP contribution < -0.4 is 4.74 Å². The molecule has 0 saturated carbocycles. The Bertz CT molecular complexity index is 808. The largest absolute Gasteiger partial charge is 0.497 e. The molecule has 0 spiro atoms. The van der Waals surface area contributed by atoms with Gasteiger partial charge in [-0.2, -0.15) is 0 Å². The number of nitrogens with zero attached hydrogens (tertiary/aromatic N) is 1.